The van der Waals surface area contributed by atoms with Crippen LogP contribution in [-0.2, 0) is 6.42 Å². The molecule has 3 rings (SSSR count). The van der Waals surface area contributed by atoms with Gasteiger partial charge in [0.15, 0.2) is 0 Å². The van der Waals surface area contributed by atoms with Gasteiger partial charge < -0.3 is 10.6 Å². The highest BCUT2D eigenvalue weighted by Crippen LogP contribution is 2.31. The minimum absolute atomic E-state index is 0.646. The summed E-state index contributed by atoms with van der Waals surface area (Å²) in [5.41, 5.74) is 8.16. The topological polar surface area (TPSA) is 42.2 Å². The molecule has 0 spiro atoms. The molecule has 2 N–H and O–H groups in total. The highest BCUT2D eigenvalue weighted by Gasteiger charge is 2.25. The van der Waals surface area contributed by atoms with Gasteiger partial charge in [0, 0.05) is 29.0 Å². The lowest BCUT2D eigenvalue weighted by molar-refractivity contribution is 0.714. The lowest BCUT2D eigenvalue weighted by Gasteiger charge is -2.36. The van der Waals surface area contributed by atoms with Crippen molar-refractivity contribution in [1.82, 2.24) is 4.98 Å². The Morgan fingerprint density at radius 1 is 1.24 bits per heavy atom. The third kappa shape index (κ3) is 3.16. The highest BCUT2D eigenvalue weighted by molar-refractivity contribution is 8.00. The van der Waals surface area contributed by atoms with E-state index in [0.29, 0.717) is 17.0 Å². The van der Waals surface area contributed by atoms with Gasteiger partial charge in [-0.1, -0.05) is 32.0 Å². The molecule has 2 heterocycles. The second kappa shape index (κ2) is 6.24. The number of para-hydroxylation sites is 1. The molecule has 112 valence electrons. The number of hydrogen-bond acceptors (Lipinski definition) is 4. The molecule has 0 bridgehead atoms. The smallest absolute Gasteiger partial charge is 0.132 e. The van der Waals surface area contributed by atoms with Crippen LogP contribution in [0.3, 0.4) is 0 Å². The van der Waals surface area contributed by atoms with Gasteiger partial charge in [-0.3, -0.25) is 0 Å². The maximum Gasteiger partial charge on any atom is 0.132 e. The SMILES string of the molecule is CC1CN(c2nc3ccccc3cc2CCN)CC(C)S1. The van der Waals surface area contributed by atoms with E-state index >= 15 is 0 Å². The Morgan fingerprint density at radius 2 is 1.95 bits per heavy atom. The van der Waals surface area contributed by atoms with Crippen LogP contribution >= 0.6 is 11.8 Å². The number of benzene rings is 1. The molecule has 1 fully saturated rings. The predicted octanol–water partition coefficient (Wildman–Crippen LogP) is 3.07. The van der Waals surface area contributed by atoms with Crippen molar-refractivity contribution in [2.24, 2.45) is 5.73 Å². The molecular weight excluding hydrogens is 278 g/mol. The van der Waals surface area contributed by atoms with E-state index < -0.39 is 0 Å². The minimum atomic E-state index is 0.646. The maximum atomic E-state index is 5.81. The van der Waals surface area contributed by atoms with Crippen molar-refractivity contribution in [1.29, 1.82) is 0 Å². The summed E-state index contributed by atoms with van der Waals surface area (Å²) in [7, 11) is 0. The number of rotatable bonds is 3. The molecule has 2 atom stereocenters. The number of thioether (sulfide) groups is 1. The lowest BCUT2D eigenvalue weighted by atomic mass is 10.1. The first kappa shape index (κ1) is 14.7. The van der Waals surface area contributed by atoms with Crippen molar-refractivity contribution in [3.63, 3.8) is 0 Å². The zero-order chi connectivity index (χ0) is 14.8. The number of nitrogens with zero attached hydrogens (tertiary/aromatic N) is 2. The summed E-state index contributed by atoms with van der Waals surface area (Å²) in [6, 6.07) is 10.6. The molecule has 2 aromatic rings. The molecule has 0 radical (unpaired) electrons. The van der Waals surface area contributed by atoms with Crippen LogP contribution in [0.25, 0.3) is 10.9 Å². The van der Waals surface area contributed by atoms with Crippen molar-refractivity contribution < 1.29 is 0 Å². The number of nitrogens with two attached hydrogens (primary N) is 1. The number of hydrogen-bond donors (Lipinski definition) is 1. The van der Waals surface area contributed by atoms with E-state index in [2.05, 4.69) is 60.8 Å². The highest BCUT2D eigenvalue weighted by atomic mass is 32.2. The molecule has 0 saturated carbocycles. The number of fused-ring (bicyclic) bond motifs is 1. The Labute approximate surface area is 130 Å². The van der Waals surface area contributed by atoms with E-state index in [9.17, 15) is 0 Å². The van der Waals surface area contributed by atoms with Crippen LogP contribution in [-0.4, -0.2) is 35.1 Å². The fourth-order valence-corrected chi connectivity index (χ4v) is 4.44. The summed E-state index contributed by atoms with van der Waals surface area (Å²) in [5, 5.41) is 2.50. The van der Waals surface area contributed by atoms with Crippen molar-refractivity contribution in [3.05, 3.63) is 35.9 Å². The van der Waals surface area contributed by atoms with Crippen LogP contribution in [0, 0.1) is 0 Å². The van der Waals surface area contributed by atoms with Crippen molar-refractivity contribution in [2.75, 3.05) is 24.5 Å². The van der Waals surface area contributed by atoms with E-state index in [4.69, 9.17) is 10.7 Å². The molecule has 3 nitrogen and oxygen atoms in total. The van der Waals surface area contributed by atoms with Crippen LogP contribution in [0.1, 0.15) is 19.4 Å². The first-order chi connectivity index (χ1) is 10.2. The fourth-order valence-electron chi connectivity index (χ4n) is 3.11. The van der Waals surface area contributed by atoms with E-state index in [-0.39, 0.29) is 0 Å². The molecule has 21 heavy (non-hydrogen) atoms. The van der Waals surface area contributed by atoms with Gasteiger partial charge in [0.2, 0.25) is 0 Å². The number of pyridine rings is 1. The largest absolute Gasteiger partial charge is 0.354 e. The van der Waals surface area contributed by atoms with Gasteiger partial charge in [-0.15, -0.1) is 0 Å². The molecule has 0 aliphatic carbocycles. The lowest BCUT2D eigenvalue weighted by Crippen LogP contribution is -2.41. The van der Waals surface area contributed by atoms with Gasteiger partial charge in [0.25, 0.3) is 0 Å². The maximum absolute atomic E-state index is 5.81. The molecule has 0 amide bonds. The minimum Gasteiger partial charge on any atom is -0.354 e. The Hall–Kier alpha value is -1.26. The van der Waals surface area contributed by atoms with E-state index in [1.54, 1.807) is 0 Å². The summed E-state index contributed by atoms with van der Waals surface area (Å²) in [6.07, 6.45) is 0.888. The Balaban J connectivity index is 2.04. The van der Waals surface area contributed by atoms with Crippen LogP contribution in [0.5, 0.6) is 0 Å². The van der Waals surface area contributed by atoms with Crippen LogP contribution in [0.4, 0.5) is 5.82 Å². The number of anilines is 1. The van der Waals surface area contributed by atoms with Crippen molar-refractivity contribution in [3.8, 4) is 0 Å². The molecular formula is C17H23N3S. The van der Waals surface area contributed by atoms with Crippen LogP contribution in [0.15, 0.2) is 30.3 Å². The second-order valence-corrected chi connectivity index (χ2v) is 7.75. The van der Waals surface area contributed by atoms with Crippen molar-refractivity contribution in [2.45, 2.75) is 30.8 Å². The normalized spacial score (nSPS) is 22.7. The Morgan fingerprint density at radius 3 is 2.67 bits per heavy atom. The van der Waals surface area contributed by atoms with Crippen molar-refractivity contribution >= 4 is 28.5 Å². The Kier molecular flexibility index (Phi) is 4.36. The molecule has 1 aliphatic rings. The van der Waals surface area contributed by atoms with Crippen LogP contribution in [0.2, 0.25) is 0 Å². The van der Waals surface area contributed by atoms with Gasteiger partial charge in [-0.05, 0) is 30.7 Å². The average Bonchev–Trinajstić information content (AvgIpc) is 2.46. The predicted molar refractivity (Wildman–Crippen MR) is 93.2 cm³/mol. The standard InChI is InChI=1S/C17H23N3S/c1-12-10-20(11-13(2)21-12)17-15(7-8-18)9-14-5-3-4-6-16(14)19-17/h3-6,9,12-13H,7-8,10-11,18H2,1-2H3. The zero-order valence-corrected chi connectivity index (χ0v) is 13.6. The summed E-state index contributed by atoms with van der Waals surface area (Å²) in [4.78, 5) is 7.40. The molecule has 2 unspecified atom stereocenters. The molecule has 1 aromatic heterocycles. The Bertz CT molecular complexity index is 618. The zero-order valence-electron chi connectivity index (χ0n) is 12.7. The summed E-state index contributed by atoms with van der Waals surface area (Å²) in [6.45, 7) is 7.41. The summed E-state index contributed by atoms with van der Waals surface area (Å²) >= 11 is 2.07. The fraction of sp³-hybridized carbons (Fsp3) is 0.471. The third-order valence-electron chi connectivity index (χ3n) is 3.91. The second-order valence-electron chi connectivity index (χ2n) is 5.86. The summed E-state index contributed by atoms with van der Waals surface area (Å²) in [5.74, 6) is 1.14. The monoisotopic (exact) mass is 301 g/mol. The van der Waals surface area contributed by atoms with Crippen LogP contribution < -0.4 is 10.6 Å². The molecule has 1 saturated heterocycles. The molecule has 4 heteroatoms. The van der Waals surface area contributed by atoms with E-state index in [1.165, 1.54) is 10.9 Å². The third-order valence-corrected chi connectivity index (χ3v) is 5.14. The molecule has 1 aliphatic heterocycles. The van der Waals surface area contributed by atoms with Gasteiger partial charge in [0.05, 0.1) is 5.52 Å². The van der Waals surface area contributed by atoms with Gasteiger partial charge >= 0.3 is 0 Å². The molecule has 1 aromatic carbocycles. The van der Waals surface area contributed by atoms with E-state index in [0.717, 1.165) is 30.8 Å². The quantitative estimate of drug-likeness (QED) is 0.946. The van der Waals surface area contributed by atoms with Gasteiger partial charge in [-0.2, -0.15) is 11.8 Å². The first-order valence-electron chi connectivity index (χ1n) is 7.66. The first-order valence-corrected chi connectivity index (χ1v) is 8.61. The average molecular weight is 301 g/mol. The van der Waals surface area contributed by atoms with Gasteiger partial charge in [-0.25, -0.2) is 4.98 Å². The van der Waals surface area contributed by atoms with E-state index in [1.807, 2.05) is 0 Å². The van der Waals surface area contributed by atoms with Gasteiger partial charge in [0.1, 0.15) is 5.82 Å². The number of aromatic nitrogens is 1. The summed E-state index contributed by atoms with van der Waals surface area (Å²) < 4.78 is 0.